The van der Waals surface area contributed by atoms with Gasteiger partial charge >= 0.3 is 6.18 Å². The minimum Gasteiger partial charge on any atom is -0.171 e. The molecule has 0 bridgehead atoms. The fourth-order valence-electron chi connectivity index (χ4n) is 3.60. The maximum atomic E-state index is 13.3. The van der Waals surface area contributed by atoms with Gasteiger partial charge in [0.1, 0.15) is 0 Å². The molecule has 0 fully saturated rings. The van der Waals surface area contributed by atoms with Gasteiger partial charge < -0.3 is 0 Å². The molecule has 0 rings (SSSR count). The molecule has 3 heteroatoms. The van der Waals surface area contributed by atoms with Gasteiger partial charge in [-0.15, -0.1) is 0 Å². The van der Waals surface area contributed by atoms with Crippen molar-refractivity contribution in [2.24, 2.45) is 10.8 Å². The second kappa shape index (κ2) is 10.6. The summed E-state index contributed by atoms with van der Waals surface area (Å²) >= 11 is 0. The van der Waals surface area contributed by atoms with Crippen LogP contribution in [0.1, 0.15) is 112 Å². The van der Waals surface area contributed by atoms with E-state index in [-0.39, 0.29) is 11.8 Å². The minimum atomic E-state index is -4.11. The summed E-state index contributed by atoms with van der Waals surface area (Å²) in [6.07, 6.45) is 8.45. The Morgan fingerprint density at radius 3 is 1.39 bits per heavy atom. The normalized spacial score (nSPS) is 15.7. The first kappa shape index (κ1) is 22.8. The van der Waals surface area contributed by atoms with Crippen molar-refractivity contribution in [2.45, 2.75) is 118 Å². The zero-order valence-corrected chi connectivity index (χ0v) is 16.1. The fraction of sp³-hybridized carbons (Fsp3) is 1.00. The molecule has 1 atom stereocenters. The van der Waals surface area contributed by atoms with Gasteiger partial charge in [-0.05, 0) is 24.7 Å². The van der Waals surface area contributed by atoms with E-state index in [2.05, 4.69) is 20.8 Å². The van der Waals surface area contributed by atoms with E-state index < -0.39 is 11.6 Å². The molecule has 23 heavy (non-hydrogen) atoms. The topological polar surface area (TPSA) is 0 Å². The third kappa shape index (κ3) is 9.62. The number of alkyl halides is 3. The molecule has 0 aromatic heterocycles. The molecular weight excluding hydrogens is 297 g/mol. The molecule has 0 spiro atoms. The summed E-state index contributed by atoms with van der Waals surface area (Å²) < 4.78 is 39.9. The molecule has 0 aromatic rings. The van der Waals surface area contributed by atoms with E-state index in [0.717, 1.165) is 38.5 Å². The summed E-state index contributed by atoms with van der Waals surface area (Å²) in [4.78, 5) is 0. The van der Waals surface area contributed by atoms with Crippen molar-refractivity contribution in [3.63, 3.8) is 0 Å². The van der Waals surface area contributed by atoms with Gasteiger partial charge in [-0.1, -0.05) is 92.4 Å². The Kier molecular flexibility index (Phi) is 10.5. The highest BCUT2D eigenvalue weighted by molar-refractivity contribution is 4.87. The monoisotopic (exact) mass is 336 g/mol. The molecule has 0 saturated heterocycles. The average Bonchev–Trinajstić information content (AvgIpc) is 2.42. The largest absolute Gasteiger partial charge is 0.393 e. The van der Waals surface area contributed by atoms with Crippen LogP contribution in [0.4, 0.5) is 13.2 Å². The molecule has 1 unspecified atom stereocenters. The Bertz CT molecular complexity index is 294. The molecule has 0 radical (unpaired) electrons. The third-order valence-corrected chi connectivity index (χ3v) is 5.15. The van der Waals surface area contributed by atoms with Gasteiger partial charge in [0.25, 0.3) is 0 Å². The van der Waals surface area contributed by atoms with Crippen LogP contribution < -0.4 is 0 Å². The zero-order chi connectivity index (χ0) is 18.0. The van der Waals surface area contributed by atoms with Gasteiger partial charge in [-0.25, -0.2) is 0 Å². The zero-order valence-electron chi connectivity index (χ0n) is 16.1. The highest BCUT2D eigenvalue weighted by Gasteiger charge is 2.50. The van der Waals surface area contributed by atoms with Crippen molar-refractivity contribution in [2.75, 3.05) is 0 Å². The number of hydrogen-bond acceptors (Lipinski definition) is 0. The first-order valence-corrected chi connectivity index (χ1v) is 9.65. The van der Waals surface area contributed by atoms with E-state index in [0.29, 0.717) is 0 Å². The Hall–Kier alpha value is -0.210. The van der Waals surface area contributed by atoms with E-state index in [1.54, 1.807) is 0 Å². The van der Waals surface area contributed by atoms with Crippen LogP contribution in [-0.2, 0) is 0 Å². The Morgan fingerprint density at radius 2 is 1.00 bits per heavy atom. The quantitative estimate of drug-likeness (QED) is 0.297. The second-order valence-corrected chi connectivity index (χ2v) is 8.34. The van der Waals surface area contributed by atoms with Crippen LogP contribution in [0.3, 0.4) is 0 Å². The summed E-state index contributed by atoms with van der Waals surface area (Å²) in [5.41, 5.74) is -1.77. The van der Waals surface area contributed by atoms with E-state index in [9.17, 15) is 13.2 Å². The molecule has 0 aromatic carbocycles. The van der Waals surface area contributed by atoms with Crippen LogP contribution in [0, 0.1) is 10.8 Å². The van der Waals surface area contributed by atoms with Gasteiger partial charge in [0.2, 0.25) is 0 Å². The Labute approximate surface area is 142 Å². The van der Waals surface area contributed by atoms with Crippen LogP contribution in [0.5, 0.6) is 0 Å². The molecule has 0 heterocycles. The fourth-order valence-corrected chi connectivity index (χ4v) is 3.60. The lowest BCUT2D eigenvalue weighted by Gasteiger charge is -2.39. The Balaban J connectivity index is 4.64. The van der Waals surface area contributed by atoms with Crippen molar-refractivity contribution in [1.29, 1.82) is 0 Å². The van der Waals surface area contributed by atoms with Crippen molar-refractivity contribution in [1.82, 2.24) is 0 Å². The number of halogens is 3. The molecule has 0 amide bonds. The highest BCUT2D eigenvalue weighted by atomic mass is 19.4. The van der Waals surface area contributed by atoms with Crippen LogP contribution in [0.15, 0.2) is 0 Å². The number of rotatable bonds is 13. The van der Waals surface area contributed by atoms with Crippen LogP contribution in [-0.4, -0.2) is 6.18 Å². The summed E-state index contributed by atoms with van der Waals surface area (Å²) in [5, 5.41) is 0. The lowest BCUT2D eigenvalue weighted by atomic mass is 9.68. The molecule has 0 aliphatic carbocycles. The lowest BCUT2D eigenvalue weighted by molar-refractivity contribution is -0.222. The van der Waals surface area contributed by atoms with E-state index in [1.807, 2.05) is 0 Å². The molecule has 0 aliphatic heterocycles. The van der Waals surface area contributed by atoms with Crippen molar-refractivity contribution in [3.05, 3.63) is 0 Å². The van der Waals surface area contributed by atoms with Crippen LogP contribution in [0.25, 0.3) is 0 Å². The van der Waals surface area contributed by atoms with Gasteiger partial charge in [0.05, 0.1) is 5.41 Å². The first-order chi connectivity index (χ1) is 10.6. The lowest BCUT2D eigenvalue weighted by Crippen LogP contribution is -2.37. The summed E-state index contributed by atoms with van der Waals surface area (Å²) in [6, 6.07) is 0. The average molecular weight is 337 g/mol. The van der Waals surface area contributed by atoms with Crippen LogP contribution in [0.2, 0.25) is 0 Å². The van der Waals surface area contributed by atoms with Gasteiger partial charge in [-0.3, -0.25) is 0 Å². The summed E-state index contributed by atoms with van der Waals surface area (Å²) in [6.45, 7) is 9.18. The standard InChI is InChI=1S/C20H39F3/c1-6-8-10-12-14-16-19(5,15-13-11-9-7-2)17-18(3,4)20(21,22)23/h6-17H2,1-5H3. The molecule has 0 aliphatic rings. The first-order valence-electron chi connectivity index (χ1n) is 9.65. The molecule has 140 valence electrons. The van der Waals surface area contributed by atoms with E-state index in [1.165, 1.54) is 46.0 Å². The smallest absolute Gasteiger partial charge is 0.171 e. The third-order valence-electron chi connectivity index (χ3n) is 5.15. The van der Waals surface area contributed by atoms with Crippen molar-refractivity contribution in [3.8, 4) is 0 Å². The predicted octanol–water partition coefficient (Wildman–Crippen LogP) is 8.30. The Morgan fingerprint density at radius 1 is 0.609 bits per heavy atom. The minimum absolute atomic E-state index is 0.182. The molecule has 0 saturated carbocycles. The number of unbranched alkanes of at least 4 members (excludes halogenated alkanes) is 7. The SMILES string of the molecule is CCCCCCCC(C)(CCCCCC)CC(C)(C)C(F)(F)F. The summed E-state index contributed by atoms with van der Waals surface area (Å²) in [7, 11) is 0. The van der Waals surface area contributed by atoms with Gasteiger partial charge in [-0.2, -0.15) is 13.2 Å². The molecule has 0 N–H and O–H groups in total. The molecule has 0 nitrogen and oxygen atoms in total. The molecular formula is C20H39F3. The van der Waals surface area contributed by atoms with Crippen molar-refractivity contribution >= 4 is 0 Å². The van der Waals surface area contributed by atoms with Crippen LogP contribution >= 0.6 is 0 Å². The maximum absolute atomic E-state index is 13.3. The highest BCUT2D eigenvalue weighted by Crippen LogP contribution is 2.49. The second-order valence-electron chi connectivity index (χ2n) is 8.34. The van der Waals surface area contributed by atoms with Gasteiger partial charge in [0, 0.05) is 0 Å². The number of hydrogen-bond donors (Lipinski definition) is 0. The van der Waals surface area contributed by atoms with E-state index >= 15 is 0 Å². The van der Waals surface area contributed by atoms with Crippen molar-refractivity contribution < 1.29 is 13.2 Å². The maximum Gasteiger partial charge on any atom is 0.393 e. The van der Waals surface area contributed by atoms with E-state index in [4.69, 9.17) is 0 Å². The summed E-state index contributed by atoms with van der Waals surface area (Å²) in [5.74, 6) is 0. The van der Waals surface area contributed by atoms with Gasteiger partial charge in [0.15, 0.2) is 0 Å². The predicted molar refractivity (Wildman–Crippen MR) is 94.7 cm³/mol.